The SMILES string of the molecule is O=C(Nc1nc(-c2cccs2)nc2cn(-c3ccccc3)nc12)c1ccncc1. The smallest absolute Gasteiger partial charge is 0.256 e. The minimum absolute atomic E-state index is 0.279. The summed E-state index contributed by atoms with van der Waals surface area (Å²) < 4.78 is 1.74. The molecule has 29 heavy (non-hydrogen) atoms. The Hall–Kier alpha value is -3.91. The van der Waals surface area contributed by atoms with Gasteiger partial charge < -0.3 is 5.32 Å². The van der Waals surface area contributed by atoms with Gasteiger partial charge in [-0.05, 0) is 35.7 Å². The molecule has 0 saturated carbocycles. The van der Waals surface area contributed by atoms with Crippen LogP contribution in [0.1, 0.15) is 10.4 Å². The number of benzene rings is 1. The first kappa shape index (κ1) is 17.2. The van der Waals surface area contributed by atoms with E-state index in [1.807, 2.05) is 54.0 Å². The van der Waals surface area contributed by atoms with Gasteiger partial charge in [0.15, 0.2) is 17.2 Å². The summed E-state index contributed by atoms with van der Waals surface area (Å²) in [7, 11) is 0. The van der Waals surface area contributed by atoms with Gasteiger partial charge in [-0.25, -0.2) is 14.6 Å². The topological polar surface area (TPSA) is 85.6 Å². The van der Waals surface area contributed by atoms with Gasteiger partial charge in [0.25, 0.3) is 5.91 Å². The molecule has 4 aromatic heterocycles. The van der Waals surface area contributed by atoms with Crippen molar-refractivity contribution in [3.63, 3.8) is 0 Å². The molecule has 0 aliphatic rings. The summed E-state index contributed by atoms with van der Waals surface area (Å²) in [5, 5.41) is 9.46. The summed E-state index contributed by atoms with van der Waals surface area (Å²) in [5.74, 6) is 0.638. The summed E-state index contributed by atoms with van der Waals surface area (Å²) >= 11 is 1.54. The standard InChI is InChI=1S/C21H14N6OS/c28-21(14-8-10-22-11-9-14)25-20-18-16(23-19(24-20)17-7-4-12-29-17)13-27(26-18)15-5-2-1-3-6-15/h1-13H,(H,23,24,25,28). The van der Waals surface area contributed by atoms with Crippen molar-refractivity contribution in [1.82, 2.24) is 24.7 Å². The summed E-state index contributed by atoms with van der Waals surface area (Å²) in [4.78, 5) is 26.8. The quantitative estimate of drug-likeness (QED) is 0.491. The van der Waals surface area contributed by atoms with E-state index in [9.17, 15) is 4.79 Å². The molecule has 0 spiro atoms. The van der Waals surface area contributed by atoms with Gasteiger partial charge in [0, 0.05) is 18.0 Å². The average molecular weight is 398 g/mol. The first-order chi connectivity index (χ1) is 14.3. The Kier molecular flexibility index (Phi) is 4.30. The number of carbonyl (C=O) groups excluding carboxylic acids is 1. The lowest BCUT2D eigenvalue weighted by atomic mass is 10.2. The summed E-state index contributed by atoms with van der Waals surface area (Å²) in [6.45, 7) is 0. The third-order valence-electron chi connectivity index (χ3n) is 4.30. The first-order valence-electron chi connectivity index (χ1n) is 8.86. The monoisotopic (exact) mass is 398 g/mol. The zero-order valence-electron chi connectivity index (χ0n) is 15.1. The van der Waals surface area contributed by atoms with Crippen molar-refractivity contribution in [3.8, 4) is 16.4 Å². The van der Waals surface area contributed by atoms with Crippen LogP contribution in [-0.2, 0) is 0 Å². The number of fused-ring (bicyclic) bond motifs is 1. The molecule has 8 heteroatoms. The van der Waals surface area contributed by atoms with Gasteiger partial charge in [0.2, 0.25) is 0 Å². The zero-order chi connectivity index (χ0) is 19.6. The van der Waals surface area contributed by atoms with E-state index >= 15 is 0 Å². The maximum Gasteiger partial charge on any atom is 0.256 e. The summed E-state index contributed by atoms with van der Waals surface area (Å²) in [5.41, 5.74) is 2.57. The lowest BCUT2D eigenvalue weighted by molar-refractivity contribution is 0.102. The second kappa shape index (κ2) is 7.25. The molecule has 0 unspecified atom stereocenters. The number of hydrogen-bond donors (Lipinski definition) is 1. The van der Waals surface area contributed by atoms with Gasteiger partial charge in [0.1, 0.15) is 5.52 Å². The van der Waals surface area contributed by atoms with Crippen LogP contribution in [0.2, 0.25) is 0 Å². The zero-order valence-corrected chi connectivity index (χ0v) is 15.9. The van der Waals surface area contributed by atoms with Crippen LogP contribution in [0.25, 0.3) is 27.4 Å². The van der Waals surface area contributed by atoms with Crippen LogP contribution in [0.4, 0.5) is 5.82 Å². The molecule has 140 valence electrons. The summed E-state index contributed by atoms with van der Waals surface area (Å²) in [6.07, 6.45) is 4.99. The Morgan fingerprint density at radius 1 is 0.966 bits per heavy atom. The van der Waals surface area contributed by atoms with Crippen molar-refractivity contribution in [2.45, 2.75) is 0 Å². The maximum absolute atomic E-state index is 12.7. The molecule has 0 atom stereocenters. The van der Waals surface area contributed by atoms with E-state index in [0.717, 1.165) is 10.6 Å². The molecule has 1 amide bonds. The number of pyridine rings is 1. The molecular formula is C21H14N6OS. The highest BCUT2D eigenvalue weighted by Crippen LogP contribution is 2.27. The predicted molar refractivity (Wildman–Crippen MR) is 112 cm³/mol. The van der Waals surface area contributed by atoms with Gasteiger partial charge >= 0.3 is 0 Å². The lowest BCUT2D eigenvalue weighted by Crippen LogP contribution is -2.14. The van der Waals surface area contributed by atoms with E-state index < -0.39 is 0 Å². The largest absolute Gasteiger partial charge is 0.305 e. The lowest BCUT2D eigenvalue weighted by Gasteiger charge is -2.06. The molecule has 0 aliphatic carbocycles. The van der Waals surface area contributed by atoms with E-state index in [4.69, 9.17) is 0 Å². The number of para-hydroxylation sites is 1. The predicted octanol–water partition coefficient (Wildman–Crippen LogP) is 4.19. The van der Waals surface area contributed by atoms with Gasteiger partial charge in [-0.2, -0.15) is 5.10 Å². The Labute approximate surface area is 169 Å². The number of thiophene rings is 1. The molecule has 5 aromatic rings. The number of carbonyl (C=O) groups is 1. The van der Waals surface area contributed by atoms with E-state index in [-0.39, 0.29) is 5.91 Å². The molecule has 5 rings (SSSR count). The number of nitrogens with one attached hydrogen (secondary N) is 1. The fourth-order valence-corrected chi connectivity index (χ4v) is 3.57. The Bertz CT molecular complexity index is 1280. The molecule has 0 aliphatic heterocycles. The second-order valence-corrected chi connectivity index (χ2v) is 7.15. The molecule has 1 aromatic carbocycles. The van der Waals surface area contributed by atoms with Crippen LogP contribution >= 0.6 is 11.3 Å². The third-order valence-corrected chi connectivity index (χ3v) is 5.17. The van der Waals surface area contributed by atoms with Crippen molar-refractivity contribution in [1.29, 1.82) is 0 Å². The van der Waals surface area contributed by atoms with Crippen molar-refractivity contribution >= 4 is 34.1 Å². The Morgan fingerprint density at radius 3 is 2.55 bits per heavy atom. The number of nitrogens with zero attached hydrogens (tertiary/aromatic N) is 5. The molecule has 1 N–H and O–H groups in total. The highest BCUT2D eigenvalue weighted by Gasteiger charge is 2.17. The van der Waals surface area contributed by atoms with Crippen LogP contribution < -0.4 is 5.32 Å². The Morgan fingerprint density at radius 2 is 1.79 bits per heavy atom. The van der Waals surface area contributed by atoms with Crippen molar-refractivity contribution in [2.75, 3.05) is 5.32 Å². The van der Waals surface area contributed by atoms with Gasteiger partial charge in [-0.1, -0.05) is 24.3 Å². The van der Waals surface area contributed by atoms with E-state index in [1.54, 1.807) is 29.2 Å². The highest BCUT2D eigenvalue weighted by atomic mass is 32.1. The summed E-state index contributed by atoms with van der Waals surface area (Å²) in [6, 6.07) is 16.9. The van der Waals surface area contributed by atoms with Gasteiger partial charge in [-0.15, -0.1) is 11.3 Å². The van der Waals surface area contributed by atoms with E-state index in [1.165, 1.54) is 11.3 Å². The molecular weight excluding hydrogens is 384 g/mol. The first-order valence-corrected chi connectivity index (χ1v) is 9.74. The highest BCUT2D eigenvalue weighted by molar-refractivity contribution is 7.13. The molecule has 0 fully saturated rings. The van der Waals surface area contributed by atoms with Gasteiger partial charge in [-0.3, -0.25) is 9.78 Å². The molecule has 0 bridgehead atoms. The van der Waals surface area contributed by atoms with Crippen molar-refractivity contribution < 1.29 is 4.79 Å². The number of hydrogen-bond acceptors (Lipinski definition) is 6. The second-order valence-electron chi connectivity index (χ2n) is 6.21. The number of amides is 1. The molecule has 0 saturated heterocycles. The maximum atomic E-state index is 12.7. The van der Waals surface area contributed by atoms with Crippen LogP contribution in [0.3, 0.4) is 0 Å². The van der Waals surface area contributed by atoms with Crippen molar-refractivity contribution in [3.05, 3.63) is 84.1 Å². The van der Waals surface area contributed by atoms with Crippen LogP contribution in [-0.4, -0.2) is 30.6 Å². The van der Waals surface area contributed by atoms with Gasteiger partial charge in [0.05, 0.1) is 16.8 Å². The molecule has 7 nitrogen and oxygen atoms in total. The van der Waals surface area contributed by atoms with Crippen LogP contribution in [0.5, 0.6) is 0 Å². The number of aromatic nitrogens is 5. The average Bonchev–Trinajstić information content (AvgIpc) is 3.45. The Balaban J connectivity index is 1.63. The third kappa shape index (κ3) is 3.37. The number of rotatable bonds is 4. The minimum atomic E-state index is -0.279. The van der Waals surface area contributed by atoms with Crippen LogP contribution in [0, 0.1) is 0 Å². The van der Waals surface area contributed by atoms with Crippen LogP contribution in [0.15, 0.2) is 78.6 Å². The number of anilines is 1. The van der Waals surface area contributed by atoms with E-state index in [0.29, 0.717) is 28.2 Å². The fraction of sp³-hybridized carbons (Fsp3) is 0. The van der Waals surface area contributed by atoms with E-state index in [2.05, 4.69) is 25.4 Å². The fourth-order valence-electron chi connectivity index (χ4n) is 2.91. The van der Waals surface area contributed by atoms with Crippen molar-refractivity contribution in [2.24, 2.45) is 0 Å². The normalized spacial score (nSPS) is 10.9. The minimum Gasteiger partial charge on any atom is -0.305 e. The molecule has 0 radical (unpaired) electrons. The molecule has 4 heterocycles.